The number of aromatic nitrogens is 2. The second-order valence-electron chi connectivity index (χ2n) is 4.77. The van der Waals surface area contributed by atoms with E-state index in [0.29, 0.717) is 24.3 Å². The predicted octanol–water partition coefficient (Wildman–Crippen LogP) is 1.01. The third-order valence-electron chi connectivity index (χ3n) is 2.99. The van der Waals surface area contributed by atoms with E-state index in [1.54, 1.807) is 0 Å². The fourth-order valence-electron chi connectivity index (χ4n) is 1.96. The van der Waals surface area contributed by atoms with Gasteiger partial charge in [0.2, 0.25) is 5.89 Å². The quantitative estimate of drug-likeness (QED) is 0.828. The van der Waals surface area contributed by atoms with Gasteiger partial charge in [0.1, 0.15) is 0 Å². The Hall–Kier alpha value is -0.940. The van der Waals surface area contributed by atoms with Crippen molar-refractivity contribution in [2.75, 3.05) is 19.7 Å². The van der Waals surface area contributed by atoms with E-state index in [-0.39, 0.29) is 6.61 Å². The summed E-state index contributed by atoms with van der Waals surface area (Å²) in [4.78, 5) is 6.59. The van der Waals surface area contributed by atoms with Gasteiger partial charge in [0, 0.05) is 19.1 Å². The summed E-state index contributed by atoms with van der Waals surface area (Å²) >= 11 is 0. The maximum atomic E-state index is 9.05. The van der Waals surface area contributed by atoms with Gasteiger partial charge in [-0.1, -0.05) is 19.0 Å². The number of aliphatic hydroxyl groups excluding tert-OH is 1. The maximum Gasteiger partial charge on any atom is 0.240 e. The normalized spacial score (nSPS) is 22.1. The number of hydrogen-bond donors (Lipinski definition) is 1. The maximum absolute atomic E-state index is 9.05. The predicted molar refractivity (Wildman–Crippen MR) is 58.9 cm³/mol. The molecule has 1 aromatic rings. The van der Waals surface area contributed by atoms with Crippen molar-refractivity contribution in [2.24, 2.45) is 5.92 Å². The van der Waals surface area contributed by atoms with Crippen molar-refractivity contribution in [3.05, 3.63) is 11.7 Å². The Kier molecular flexibility index (Phi) is 3.56. The topological polar surface area (TPSA) is 62.4 Å². The molecule has 2 heterocycles. The number of aliphatic hydroxyl groups is 1. The molecule has 0 bridgehead atoms. The van der Waals surface area contributed by atoms with Crippen LogP contribution in [0.1, 0.15) is 37.9 Å². The minimum absolute atomic E-state index is 0.275. The zero-order chi connectivity index (χ0) is 11.5. The van der Waals surface area contributed by atoms with E-state index in [9.17, 15) is 0 Å². The summed E-state index contributed by atoms with van der Waals surface area (Å²) in [5, 5.41) is 13.0. The van der Waals surface area contributed by atoms with Crippen LogP contribution >= 0.6 is 0 Å². The molecule has 0 saturated carbocycles. The molecule has 1 N–H and O–H groups in total. The Morgan fingerprint density at radius 2 is 2.38 bits per heavy atom. The fraction of sp³-hybridized carbons (Fsp3) is 0.818. The van der Waals surface area contributed by atoms with E-state index in [4.69, 9.17) is 9.63 Å². The molecule has 0 amide bonds. The minimum Gasteiger partial charge on any atom is -0.396 e. The molecule has 5 heteroatoms. The van der Waals surface area contributed by atoms with Crippen molar-refractivity contribution in [2.45, 2.75) is 32.7 Å². The van der Waals surface area contributed by atoms with Gasteiger partial charge in [-0.05, 0) is 18.9 Å². The van der Waals surface area contributed by atoms with Crippen LogP contribution in [0.3, 0.4) is 0 Å². The molecule has 1 fully saturated rings. The largest absolute Gasteiger partial charge is 0.396 e. The van der Waals surface area contributed by atoms with Gasteiger partial charge in [-0.2, -0.15) is 4.98 Å². The molecule has 0 aromatic carbocycles. The third-order valence-corrected chi connectivity index (χ3v) is 2.99. The third kappa shape index (κ3) is 2.59. The Morgan fingerprint density at radius 3 is 2.94 bits per heavy atom. The van der Waals surface area contributed by atoms with Crippen LogP contribution in [0.15, 0.2) is 4.52 Å². The number of hydrogen-bond acceptors (Lipinski definition) is 5. The van der Waals surface area contributed by atoms with Crippen LogP contribution in [0.25, 0.3) is 0 Å². The summed E-state index contributed by atoms with van der Waals surface area (Å²) in [6.07, 6.45) is 1.06. The zero-order valence-corrected chi connectivity index (χ0v) is 9.89. The lowest BCUT2D eigenvalue weighted by Gasteiger charge is -2.11. The van der Waals surface area contributed by atoms with Crippen LogP contribution in [0.2, 0.25) is 0 Å². The van der Waals surface area contributed by atoms with Crippen molar-refractivity contribution < 1.29 is 9.63 Å². The molecule has 1 saturated heterocycles. The first-order valence-corrected chi connectivity index (χ1v) is 5.84. The first-order valence-electron chi connectivity index (χ1n) is 5.84. The highest BCUT2D eigenvalue weighted by Crippen LogP contribution is 2.18. The Bertz CT molecular complexity index is 338. The second-order valence-corrected chi connectivity index (χ2v) is 4.77. The summed E-state index contributed by atoms with van der Waals surface area (Å²) in [5.41, 5.74) is 0. The summed E-state index contributed by atoms with van der Waals surface area (Å²) in [7, 11) is 0. The Morgan fingerprint density at radius 1 is 1.56 bits per heavy atom. The monoisotopic (exact) mass is 225 g/mol. The standard InChI is InChI=1S/C11H19N3O2/c1-8(2)11-12-10(16-13-11)6-14-4-3-9(5-14)7-15/h8-9,15H,3-7H2,1-2H3/t9-/m0/s1. The van der Waals surface area contributed by atoms with Gasteiger partial charge in [0.25, 0.3) is 0 Å². The highest BCUT2D eigenvalue weighted by Gasteiger charge is 2.23. The highest BCUT2D eigenvalue weighted by atomic mass is 16.5. The van der Waals surface area contributed by atoms with Gasteiger partial charge < -0.3 is 9.63 Å². The Balaban J connectivity index is 1.89. The second kappa shape index (κ2) is 4.93. The molecule has 5 nitrogen and oxygen atoms in total. The van der Waals surface area contributed by atoms with Gasteiger partial charge in [0.15, 0.2) is 5.82 Å². The summed E-state index contributed by atoms with van der Waals surface area (Å²) in [5.74, 6) is 2.17. The van der Waals surface area contributed by atoms with Crippen LogP contribution in [0.5, 0.6) is 0 Å². The highest BCUT2D eigenvalue weighted by molar-refractivity contribution is 4.92. The molecule has 0 radical (unpaired) electrons. The van der Waals surface area contributed by atoms with E-state index >= 15 is 0 Å². The lowest BCUT2D eigenvalue weighted by Crippen LogP contribution is -2.21. The fourth-order valence-corrected chi connectivity index (χ4v) is 1.96. The van der Waals surface area contributed by atoms with Crippen molar-refractivity contribution >= 4 is 0 Å². The first kappa shape index (κ1) is 11.5. The van der Waals surface area contributed by atoms with E-state index < -0.39 is 0 Å². The number of likely N-dealkylation sites (tertiary alicyclic amines) is 1. The lowest BCUT2D eigenvalue weighted by molar-refractivity contribution is 0.211. The molecule has 16 heavy (non-hydrogen) atoms. The van der Waals surface area contributed by atoms with E-state index in [1.807, 2.05) is 13.8 Å². The van der Waals surface area contributed by atoms with Crippen LogP contribution in [-0.2, 0) is 6.54 Å². The van der Waals surface area contributed by atoms with Crippen LogP contribution < -0.4 is 0 Å². The van der Waals surface area contributed by atoms with Crippen molar-refractivity contribution in [1.29, 1.82) is 0 Å². The van der Waals surface area contributed by atoms with Gasteiger partial charge in [-0.25, -0.2) is 0 Å². The number of nitrogens with zero attached hydrogens (tertiary/aromatic N) is 3. The first-order chi connectivity index (χ1) is 7.69. The average Bonchev–Trinajstić information content (AvgIpc) is 2.87. The van der Waals surface area contributed by atoms with Crippen LogP contribution in [0.4, 0.5) is 0 Å². The van der Waals surface area contributed by atoms with Crippen LogP contribution in [0, 0.1) is 5.92 Å². The molecule has 2 rings (SSSR count). The summed E-state index contributed by atoms with van der Waals surface area (Å²) in [6.45, 7) is 7.01. The van der Waals surface area contributed by atoms with E-state index in [2.05, 4.69) is 15.0 Å². The average molecular weight is 225 g/mol. The van der Waals surface area contributed by atoms with Crippen molar-refractivity contribution in [3.8, 4) is 0 Å². The van der Waals surface area contributed by atoms with Crippen molar-refractivity contribution in [1.82, 2.24) is 15.0 Å². The molecule has 0 unspecified atom stereocenters. The van der Waals surface area contributed by atoms with Gasteiger partial charge >= 0.3 is 0 Å². The van der Waals surface area contributed by atoms with Crippen LogP contribution in [-0.4, -0.2) is 39.8 Å². The molecule has 1 aliphatic heterocycles. The molecular weight excluding hydrogens is 206 g/mol. The smallest absolute Gasteiger partial charge is 0.240 e. The van der Waals surface area contributed by atoms with E-state index in [0.717, 1.165) is 25.3 Å². The van der Waals surface area contributed by atoms with E-state index in [1.165, 1.54) is 0 Å². The minimum atomic E-state index is 0.275. The van der Waals surface area contributed by atoms with Gasteiger partial charge in [-0.3, -0.25) is 4.90 Å². The molecule has 1 aliphatic rings. The van der Waals surface area contributed by atoms with Crippen molar-refractivity contribution in [3.63, 3.8) is 0 Å². The summed E-state index contributed by atoms with van der Waals surface area (Å²) < 4.78 is 5.19. The molecule has 0 aliphatic carbocycles. The lowest BCUT2D eigenvalue weighted by atomic mass is 10.1. The molecule has 90 valence electrons. The van der Waals surface area contributed by atoms with Gasteiger partial charge in [-0.15, -0.1) is 0 Å². The molecule has 1 aromatic heterocycles. The SMILES string of the molecule is CC(C)c1noc(CN2CC[C@H](CO)C2)n1. The van der Waals surface area contributed by atoms with Gasteiger partial charge in [0.05, 0.1) is 6.54 Å². The zero-order valence-electron chi connectivity index (χ0n) is 9.89. The number of rotatable bonds is 4. The molecular formula is C11H19N3O2. The molecule has 1 atom stereocenters. The summed E-state index contributed by atoms with van der Waals surface area (Å²) in [6, 6.07) is 0. The Labute approximate surface area is 95.4 Å². The molecule has 0 spiro atoms.